The molecule has 1 N–H and O–H groups in total. The van der Waals surface area contributed by atoms with Gasteiger partial charge in [-0.05, 0) is 40.2 Å². The number of benzene rings is 1. The van der Waals surface area contributed by atoms with Gasteiger partial charge in [0.2, 0.25) is 0 Å². The van der Waals surface area contributed by atoms with E-state index < -0.39 is 5.82 Å². The lowest BCUT2D eigenvalue weighted by molar-refractivity contribution is 0.101. The first-order valence-corrected chi connectivity index (χ1v) is 6.64. The number of anilines is 1. The number of amides is 1. The van der Waals surface area contributed by atoms with Crippen LogP contribution in [0, 0.1) is 5.82 Å². The zero-order chi connectivity index (χ0) is 13.3. The molecule has 94 valence electrons. The molecule has 0 unspecified atom stereocenters. The Bertz CT molecular complexity index is 610. The SMILES string of the molecule is Cn1cc(Br)cc1C(=O)Nc1ccc(Br)cc1F. The molecule has 0 aliphatic rings. The molecule has 0 saturated carbocycles. The molecule has 0 atom stereocenters. The molecule has 0 aliphatic carbocycles. The van der Waals surface area contributed by atoms with Gasteiger partial charge < -0.3 is 9.88 Å². The van der Waals surface area contributed by atoms with Gasteiger partial charge in [-0.2, -0.15) is 0 Å². The highest BCUT2D eigenvalue weighted by Gasteiger charge is 2.13. The molecule has 1 aromatic carbocycles. The molecule has 3 nitrogen and oxygen atoms in total. The fraction of sp³-hybridized carbons (Fsp3) is 0.0833. The van der Waals surface area contributed by atoms with Gasteiger partial charge in [0.05, 0.1) is 5.69 Å². The summed E-state index contributed by atoms with van der Waals surface area (Å²) in [7, 11) is 1.75. The minimum absolute atomic E-state index is 0.153. The molecule has 1 heterocycles. The summed E-state index contributed by atoms with van der Waals surface area (Å²) in [6.45, 7) is 0. The molecule has 0 spiro atoms. The lowest BCUT2D eigenvalue weighted by Crippen LogP contribution is -2.16. The Balaban J connectivity index is 2.24. The summed E-state index contributed by atoms with van der Waals surface area (Å²) in [6.07, 6.45) is 1.76. The van der Waals surface area contributed by atoms with Crippen LogP contribution in [-0.2, 0) is 7.05 Å². The molecule has 1 amide bonds. The van der Waals surface area contributed by atoms with E-state index in [1.54, 1.807) is 29.9 Å². The molecule has 2 rings (SSSR count). The molecule has 0 radical (unpaired) electrons. The van der Waals surface area contributed by atoms with Crippen molar-refractivity contribution in [3.8, 4) is 0 Å². The van der Waals surface area contributed by atoms with E-state index in [1.807, 2.05) is 0 Å². The molecule has 2 aromatic rings. The van der Waals surface area contributed by atoms with E-state index in [9.17, 15) is 9.18 Å². The first-order chi connectivity index (χ1) is 8.47. The number of aryl methyl sites for hydroxylation is 1. The van der Waals surface area contributed by atoms with E-state index in [2.05, 4.69) is 37.2 Å². The van der Waals surface area contributed by atoms with Crippen LogP contribution in [0.1, 0.15) is 10.5 Å². The zero-order valence-corrected chi connectivity index (χ0v) is 12.5. The second kappa shape index (κ2) is 5.24. The molecule has 18 heavy (non-hydrogen) atoms. The number of halogens is 3. The van der Waals surface area contributed by atoms with Crippen LogP contribution < -0.4 is 5.32 Å². The zero-order valence-electron chi connectivity index (χ0n) is 9.38. The van der Waals surface area contributed by atoms with Crippen LogP contribution in [0.3, 0.4) is 0 Å². The topological polar surface area (TPSA) is 34.0 Å². The number of carbonyl (C=O) groups excluding carboxylic acids is 1. The fourth-order valence-electron chi connectivity index (χ4n) is 1.53. The van der Waals surface area contributed by atoms with Crippen molar-refractivity contribution in [2.24, 2.45) is 7.05 Å². The third-order valence-corrected chi connectivity index (χ3v) is 3.31. The predicted octanol–water partition coefficient (Wildman–Crippen LogP) is 3.94. The fourth-order valence-corrected chi connectivity index (χ4v) is 2.38. The number of hydrogen-bond donors (Lipinski definition) is 1. The Kier molecular flexibility index (Phi) is 3.87. The first kappa shape index (κ1) is 13.3. The van der Waals surface area contributed by atoms with Crippen molar-refractivity contribution in [2.45, 2.75) is 0 Å². The largest absolute Gasteiger partial charge is 0.345 e. The molecular formula is C12H9Br2FN2O. The van der Waals surface area contributed by atoms with E-state index in [4.69, 9.17) is 0 Å². The van der Waals surface area contributed by atoms with Crippen LogP contribution >= 0.6 is 31.9 Å². The second-order valence-corrected chi connectivity index (χ2v) is 5.56. The first-order valence-electron chi connectivity index (χ1n) is 5.05. The van der Waals surface area contributed by atoms with E-state index in [0.29, 0.717) is 10.2 Å². The Labute approximate surface area is 120 Å². The smallest absolute Gasteiger partial charge is 0.272 e. The van der Waals surface area contributed by atoms with Gasteiger partial charge in [-0.15, -0.1) is 0 Å². The summed E-state index contributed by atoms with van der Waals surface area (Å²) in [4.78, 5) is 12.0. The number of rotatable bonds is 2. The van der Waals surface area contributed by atoms with Crippen LogP contribution in [0.15, 0.2) is 39.4 Å². The van der Waals surface area contributed by atoms with Crippen molar-refractivity contribution >= 4 is 43.5 Å². The standard InChI is InChI=1S/C12H9Br2FN2O/c1-17-6-8(14)5-11(17)12(18)16-10-3-2-7(13)4-9(10)15/h2-6H,1H3,(H,16,18). The number of nitrogens with one attached hydrogen (secondary N) is 1. The van der Waals surface area contributed by atoms with Crippen molar-refractivity contribution in [1.29, 1.82) is 0 Å². The quantitative estimate of drug-likeness (QED) is 0.847. The van der Waals surface area contributed by atoms with Gasteiger partial charge in [0.1, 0.15) is 11.5 Å². The van der Waals surface area contributed by atoms with Crippen LogP contribution in [0.2, 0.25) is 0 Å². The number of carbonyl (C=O) groups is 1. The maximum Gasteiger partial charge on any atom is 0.272 e. The summed E-state index contributed by atoms with van der Waals surface area (Å²) in [5.41, 5.74) is 0.602. The van der Waals surface area contributed by atoms with Gasteiger partial charge in [0.25, 0.3) is 5.91 Å². The normalized spacial score (nSPS) is 10.4. The van der Waals surface area contributed by atoms with Crippen molar-refractivity contribution in [3.05, 3.63) is 50.9 Å². The predicted molar refractivity (Wildman–Crippen MR) is 75.2 cm³/mol. The molecule has 0 aliphatic heterocycles. The third-order valence-electron chi connectivity index (χ3n) is 2.38. The van der Waals surface area contributed by atoms with Crippen molar-refractivity contribution in [3.63, 3.8) is 0 Å². The minimum Gasteiger partial charge on any atom is -0.345 e. The van der Waals surface area contributed by atoms with E-state index >= 15 is 0 Å². The lowest BCUT2D eigenvalue weighted by Gasteiger charge is -2.07. The van der Waals surface area contributed by atoms with Crippen LogP contribution in [0.4, 0.5) is 10.1 Å². The molecular weight excluding hydrogens is 367 g/mol. The maximum absolute atomic E-state index is 13.6. The van der Waals surface area contributed by atoms with Gasteiger partial charge in [0.15, 0.2) is 0 Å². The highest BCUT2D eigenvalue weighted by atomic mass is 79.9. The summed E-state index contributed by atoms with van der Waals surface area (Å²) >= 11 is 6.44. The average molecular weight is 376 g/mol. The van der Waals surface area contributed by atoms with Gasteiger partial charge in [-0.25, -0.2) is 4.39 Å². The monoisotopic (exact) mass is 374 g/mol. The summed E-state index contributed by atoms with van der Waals surface area (Å²) in [6, 6.07) is 6.15. The number of hydrogen-bond acceptors (Lipinski definition) is 1. The average Bonchev–Trinajstić information content (AvgIpc) is 2.62. The van der Waals surface area contributed by atoms with Gasteiger partial charge in [-0.1, -0.05) is 15.9 Å². The van der Waals surface area contributed by atoms with Crippen LogP contribution in [0.25, 0.3) is 0 Å². The number of aromatic nitrogens is 1. The summed E-state index contributed by atoms with van der Waals surface area (Å²) in [5, 5.41) is 2.53. The molecule has 0 bridgehead atoms. The highest BCUT2D eigenvalue weighted by Crippen LogP contribution is 2.21. The van der Waals surface area contributed by atoms with Gasteiger partial charge in [0, 0.05) is 22.2 Å². The number of nitrogens with zero attached hydrogens (tertiary/aromatic N) is 1. The Morgan fingerprint density at radius 1 is 1.28 bits per heavy atom. The van der Waals surface area contributed by atoms with E-state index in [-0.39, 0.29) is 11.6 Å². The molecule has 1 aromatic heterocycles. The van der Waals surface area contributed by atoms with Gasteiger partial charge in [-0.3, -0.25) is 4.79 Å². The van der Waals surface area contributed by atoms with Crippen molar-refractivity contribution < 1.29 is 9.18 Å². The molecule has 0 saturated heterocycles. The maximum atomic E-state index is 13.6. The van der Waals surface area contributed by atoms with Crippen LogP contribution in [0.5, 0.6) is 0 Å². The molecule has 6 heteroatoms. The Hall–Kier alpha value is -1.14. The highest BCUT2D eigenvalue weighted by molar-refractivity contribution is 9.10. The van der Waals surface area contributed by atoms with Crippen molar-refractivity contribution in [1.82, 2.24) is 4.57 Å². The Morgan fingerprint density at radius 3 is 2.56 bits per heavy atom. The lowest BCUT2D eigenvalue weighted by atomic mass is 10.3. The second-order valence-electron chi connectivity index (χ2n) is 3.73. The third kappa shape index (κ3) is 2.81. The van der Waals surface area contributed by atoms with Gasteiger partial charge >= 0.3 is 0 Å². The van der Waals surface area contributed by atoms with E-state index in [0.717, 1.165) is 4.47 Å². The molecule has 0 fully saturated rings. The Morgan fingerprint density at radius 2 is 2.00 bits per heavy atom. The van der Waals surface area contributed by atoms with Crippen LogP contribution in [-0.4, -0.2) is 10.5 Å². The van der Waals surface area contributed by atoms with Crippen molar-refractivity contribution in [2.75, 3.05) is 5.32 Å². The summed E-state index contributed by atoms with van der Waals surface area (Å²) < 4.78 is 16.7. The van der Waals surface area contributed by atoms with E-state index in [1.165, 1.54) is 12.1 Å². The minimum atomic E-state index is -0.481. The summed E-state index contributed by atoms with van der Waals surface area (Å²) in [5.74, 6) is -0.838.